The highest BCUT2D eigenvalue weighted by molar-refractivity contribution is 7.81. The Morgan fingerprint density at radius 2 is 2.21 bits per heavy atom. The lowest BCUT2D eigenvalue weighted by Crippen LogP contribution is -2.50. The van der Waals surface area contributed by atoms with Crippen molar-refractivity contribution in [2.24, 2.45) is 5.92 Å². The van der Waals surface area contributed by atoms with Crippen molar-refractivity contribution >= 4 is 18.5 Å². The van der Waals surface area contributed by atoms with Crippen LogP contribution in [0.4, 0.5) is 0 Å². The number of carbonyl (C=O) groups is 1. The first-order valence-electron chi connectivity index (χ1n) is 5.10. The van der Waals surface area contributed by atoms with Crippen molar-refractivity contribution in [2.45, 2.75) is 32.1 Å². The number of hydrogen-bond acceptors (Lipinski definition) is 3. The predicted molar refractivity (Wildman–Crippen MR) is 59.6 cm³/mol. The first-order chi connectivity index (χ1) is 6.54. The van der Waals surface area contributed by atoms with Crippen LogP contribution >= 0.6 is 12.6 Å². The summed E-state index contributed by atoms with van der Waals surface area (Å²) in [6.45, 7) is 8.03. The molecule has 2 atom stereocenters. The van der Waals surface area contributed by atoms with Gasteiger partial charge in [-0.2, -0.15) is 12.6 Å². The van der Waals surface area contributed by atoms with Gasteiger partial charge >= 0.3 is 0 Å². The van der Waals surface area contributed by atoms with E-state index in [1.165, 1.54) is 0 Å². The number of ether oxygens (including phenoxy) is 1. The van der Waals surface area contributed by atoms with E-state index in [0.29, 0.717) is 19.8 Å². The van der Waals surface area contributed by atoms with Crippen LogP contribution in [-0.4, -0.2) is 41.9 Å². The third-order valence-corrected chi connectivity index (χ3v) is 3.35. The van der Waals surface area contributed by atoms with Crippen LogP contribution in [0.1, 0.15) is 20.8 Å². The van der Waals surface area contributed by atoms with Crippen molar-refractivity contribution in [1.82, 2.24) is 4.90 Å². The minimum absolute atomic E-state index is 0.138. The molecule has 2 unspecified atom stereocenters. The van der Waals surface area contributed by atoms with Crippen molar-refractivity contribution in [3.63, 3.8) is 0 Å². The van der Waals surface area contributed by atoms with Crippen LogP contribution < -0.4 is 0 Å². The molecule has 0 aromatic carbocycles. The van der Waals surface area contributed by atoms with Gasteiger partial charge in [0.25, 0.3) is 0 Å². The van der Waals surface area contributed by atoms with Gasteiger partial charge in [0.05, 0.1) is 24.5 Å². The topological polar surface area (TPSA) is 29.5 Å². The van der Waals surface area contributed by atoms with Gasteiger partial charge in [0, 0.05) is 6.54 Å². The largest absolute Gasteiger partial charge is 0.377 e. The molecule has 0 radical (unpaired) electrons. The molecule has 0 spiro atoms. The van der Waals surface area contributed by atoms with Crippen LogP contribution in [0.15, 0.2) is 0 Å². The second-order valence-electron chi connectivity index (χ2n) is 4.14. The zero-order chi connectivity index (χ0) is 10.7. The number of hydrogen-bond donors (Lipinski definition) is 1. The van der Waals surface area contributed by atoms with Gasteiger partial charge in [-0.15, -0.1) is 0 Å². The third-order valence-electron chi connectivity index (χ3n) is 2.54. The summed E-state index contributed by atoms with van der Waals surface area (Å²) in [5, 5.41) is -0.185. The Balaban J connectivity index is 2.58. The minimum atomic E-state index is -0.185. The molecule has 1 aliphatic heterocycles. The van der Waals surface area contributed by atoms with E-state index in [4.69, 9.17) is 4.74 Å². The van der Waals surface area contributed by atoms with Crippen molar-refractivity contribution in [3.8, 4) is 0 Å². The summed E-state index contributed by atoms with van der Waals surface area (Å²) in [4.78, 5) is 13.8. The zero-order valence-corrected chi connectivity index (χ0v) is 9.96. The number of carbonyl (C=O) groups excluding carboxylic acids is 1. The third kappa shape index (κ3) is 2.64. The van der Waals surface area contributed by atoms with Crippen molar-refractivity contribution in [3.05, 3.63) is 0 Å². The van der Waals surface area contributed by atoms with E-state index < -0.39 is 0 Å². The fourth-order valence-corrected chi connectivity index (χ4v) is 1.66. The van der Waals surface area contributed by atoms with Gasteiger partial charge in [0.15, 0.2) is 0 Å². The Bertz CT molecular complexity index is 208. The van der Waals surface area contributed by atoms with Gasteiger partial charge < -0.3 is 9.64 Å². The lowest BCUT2D eigenvalue weighted by molar-refractivity contribution is -0.139. The van der Waals surface area contributed by atoms with Crippen LogP contribution in [0.5, 0.6) is 0 Å². The highest BCUT2D eigenvalue weighted by atomic mass is 32.1. The van der Waals surface area contributed by atoms with Crippen molar-refractivity contribution in [1.29, 1.82) is 0 Å². The number of nitrogens with zero attached hydrogens (tertiary/aromatic N) is 1. The Morgan fingerprint density at radius 1 is 1.57 bits per heavy atom. The van der Waals surface area contributed by atoms with Gasteiger partial charge in [-0.3, -0.25) is 4.79 Å². The van der Waals surface area contributed by atoms with Crippen molar-refractivity contribution in [2.75, 3.05) is 19.8 Å². The molecule has 1 rings (SSSR count). The first kappa shape index (κ1) is 11.9. The van der Waals surface area contributed by atoms with Gasteiger partial charge in [-0.1, -0.05) is 13.8 Å². The summed E-state index contributed by atoms with van der Waals surface area (Å²) in [7, 11) is 0. The van der Waals surface area contributed by atoms with E-state index in [1.54, 1.807) is 0 Å². The summed E-state index contributed by atoms with van der Waals surface area (Å²) in [6, 6.07) is 0.185. The molecule has 0 saturated carbocycles. The van der Waals surface area contributed by atoms with Gasteiger partial charge in [0.2, 0.25) is 5.91 Å². The molecular weight excluding hydrogens is 198 g/mol. The molecule has 0 aliphatic carbocycles. The molecule has 1 saturated heterocycles. The van der Waals surface area contributed by atoms with Crippen LogP contribution in [-0.2, 0) is 9.53 Å². The van der Waals surface area contributed by atoms with Crippen LogP contribution in [0.3, 0.4) is 0 Å². The lowest BCUT2D eigenvalue weighted by Gasteiger charge is -2.35. The quantitative estimate of drug-likeness (QED) is 0.704. The summed E-state index contributed by atoms with van der Waals surface area (Å²) >= 11 is 4.34. The zero-order valence-electron chi connectivity index (χ0n) is 9.06. The molecule has 1 fully saturated rings. The number of amides is 1. The number of rotatable bonds is 2. The van der Waals surface area contributed by atoms with E-state index in [2.05, 4.69) is 12.6 Å². The Morgan fingerprint density at radius 3 is 2.71 bits per heavy atom. The standard InChI is InChI=1S/C10H19NO2S/c1-7(2)9(14)10(12)11-4-5-13-6-8(11)3/h7-9,14H,4-6H2,1-3H3. The summed E-state index contributed by atoms with van der Waals surface area (Å²) < 4.78 is 5.28. The molecule has 0 N–H and O–H groups in total. The van der Waals surface area contributed by atoms with E-state index in [9.17, 15) is 4.79 Å². The minimum Gasteiger partial charge on any atom is -0.377 e. The fourth-order valence-electron chi connectivity index (χ4n) is 1.51. The maximum atomic E-state index is 11.9. The molecule has 4 heteroatoms. The molecule has 1 aliphatic rings. The predicted octanol–water partition coefficient (Wildman–Crippen LogP) is 1.19. The molecule has 0 aromatic rings. The number of thiol groups is 1. The van der Waals surface area contributed by atoms with Crippen molar-refractivity contribution < 1.29 is 9.53 Å². The SMILES string of the molecule is CC(C)C(S)C(=O)N1CCOCC1C. The van der Waals surface area contributed by atoms with Crippen LogP contribution in [0.25, 0.3) is 0 Å². The van der Waals surface area contributed by atoms with Gasteiger partial charge in [-0.05, 0) is 12.8 Å². The second-order valence-corrected chi connectivity index (χ2v) is 4.70. The first-order valence-corrected chi connectivity index (χ1v) is 5.62. The smallest absolute Gasteiger partial charge is 0.236 e. The molecule has 1 amide bonds. The Kier molecular flexibility index (Phi) is 4.26. The maximum absolute atomic E-state index is 11.9. The summed E-state index contributed by atoms with van der Waals surface area (Å²) in [6.07, 6.45) is 0. The second kappa shape index (κ2) is 5.03. The van der Waals surface area contributed by atoms with E-state index in [-0.39, 0.29) is 23.1 Å². The lowest BCUT2D eigenvalue weighted by atomic mass is 10.1. The van der Waals surface area contributed by atoms with E-state index in [1.807, 2.05) is 25.7 Å². The molecule has 82 valence electrons. The van der Waals surface area contributed by atoms with E-state index in [0.717, 1.165) is 0 Å². The molecule has 0 aromatic heterocycles. The monoisotopic (exact) mass is 217 g/mol. The highest BCUT2D eigenvalue weighted by Gasteiger charge is 2.29. The normalized spacial score (nSPS) is 25.2. The maximum Gasteiger partial charge on any atom is 0.236 e. The average molecular weight is 217 g/mol. The Hall–Kier alpha value is -0.220. The van der Waals surface area contributed by atoms with E-state index >= 15 is 0 Å². The van der Waals surface area contributed by atoms with Crippen LogP contribution in [0, 0.1) is 5.92 Å². The van der Waals surface area contributed by atoms with Gasteiger partial charge in [0.1, 0.15) is 0 Å². The molecule has 1 heterocycles. The highest BCUT2D eigenvalue weighted by Crippen LogP contribution is 2.16. The molecule has 0 bridgehead atoms. The summed E-state index contributed by atoms with van der Waals surface area (Å²) in [5.41, 5.74) is 0. The molecule has 14 heavy (non-hydrogen) atoms. The fraction of sp³-hybridized carbons (Fsp3) is 0.900. The van der Waals surface area contributed by atoms with Gasteiger partial charge in [-0.25, -0.2) is 0 Å². The Labute approximate surface area is 91.2 Å². The van der Waals surface area contributed by atoms with Crippen LogP contribution in [0.2, 0.25) is 0 Å². The number of morpholine rings is 1. The molecule has 3 nitrogen and oxygen atoms in total. The summed E-state index contributed by atoms with van der Waals surface area (Å²) in [5.74, 6) is 0.417. The average Bonchev–Trinajstić information content (AvgIpc) is 2.16. The molecular formula is C10H19NO2S.